The molecular weight excluding hydrogens is 408 g/mol. The minimum Gasteiger partial charge on any atom is -0.486 e. The molecule has 1 unspecified atom stereocenters. The second-order valence-corrected chi connectivity index (χ2v) is 8.07. The molecule has 0 fully saturated rings. The third-order valence-electron chi connectivity index (χ3n) is 5.78. The quantitative estimate of drug-likeness (QED) is 0.418. The molecule has 2 aromatic carbocycles. The number of aliphatic carboxylic acids is 1. The molecule has 1 aromatic heterocycles. The largest absolute Gasteiger partial charge is 0.486 e. The van der Waals surface area contributed by atoms with Gasteiger partial charge in [-0.25, -0.2) is 0 Å². The highest BCUT2D eigenvalue weighted by Gasteiger charge is 2.26. The Morgan fingerprint density at radius 2 is 2.03 bits per heavy atom. The van der Waals surface area contributed by atoms with Crippen molar-refractivity contribution >= 4 is 33.9 Å². The van der Waals surface area contributed by atoms with Crippen molar-refractivity contribution < 1.29 is 19.4 Å². The van der Waals surface area contributed by atoms with Gasteiger partial charge in [0.25, 0.3) is 0 Å². The zero-order valence-electron chi connectivity index (χ0n) is 17.6. The number of carboxylic acid groups (broad SMARTS) is 1. The number of benzene rings is 2. The summed E-state index contributed by atoms with van der Waals surface area (Å²) in [6.07, 6.45) is 5.55. The third-order valence-corrected chi connectivity index (χ3v) is 5.78. The molecule has 3 heterocycles. The van der Waals surface area contributed by atoms with Gasteiger partial charge in [-0.2, -0.15) is 0 Å². The van der Waals surface area contributed by atoms with Crippen molar-refractivity contribution in [3.8, 4) is 11.5 Å². The number of aromatic nitrogens is 1. The lowest BCUT2D eigenvalue weighted by Crippen LogP contribution is -2.31. The molecule has 0 saturated heterocycles. The Morgan fingerprint density at radius 1 is 1.19 bits per heavy atom. The summed E-state index contributed by atoms with van der Waals surface area (Å²) in [6, 6.07) is 12.1. The van der Waals surface area contributed by atoms with Crippen molar-refractivity contribution in [3.63, 3.8) is 0 Å². The maximum atomic E-state index is 11.0. The Bertz CT molecular complexity index is 1200. The van der Waals surface area contributed by atoms with E-state index in [2.05, 4.69) is 39.6 Å². The number of rotatable bonds is 7. The van der Waals surface area contributed by atoms with Crippen molar-refractivity contribution in [1.29, 1.82) is 0 Å². The van der Waals surface area contributed by atoms with Gasteiger partial charge in [-0.15, -0.1) is 0 Å². The van der Waals surface area contributed by atoms with Gasteiger partial charge in [-0.3, -0.25) is 4.79 Å². The van der Waals surface area contributed by atoms with Crippen molar-refractivity contribution in [2.24, 2.45) is 5.73 Å². The molecule has 5 rings (SSSR count). The van der Waals surface area contributed by atoms with Crippen LogP contribution < -0.4 is 25.8 Å². The number of para-hydroxylation sites is 1. The average molecular weight is 434 g/mol. The van der Waals surface area contributed by atoms with Crippen LogP contribution in [0.15, 0.2) is 48.8 Å². The predicted octanol–water partition coefficient (Wildman–Crippen LogP) is 3.83. The monoisotopic (exact) mass is 434 g/mol. The lowest BCUT2D eigenvalue weighted by atomic mass is 10.1. The van der Waals surface area contributed by atoms with E-state index in [0.29, 0.717) is 18.0 Å². The maximum absolute atomic E-state index is 11.0. The molecule has 0 radical (unpaired) electrons. The van der Waals surface area contributed by atoms with Crippen LogP contribution >= 0.6 is 0 Å². The molecule has 2 aliphatic rings. The van der Waals surface area contributed by atoms with Crippen molar-refractivity contribution in [1.82, 2.24) is 4.57 Å². The van der Waals surface area contributed by atoms with Gasteiger partial charge in [0.1, 0.15) is 12.7 Å². The van der Waals surface area contributed by atoms with E-state index in [1.54, 1.807) is 0 Å². The number of nitrogens with two attached hydrogens (primary N) is 1. The van der Waals surface area contributed by atoms with Crippen LogP contribution in [0.3, 0.4) is 0 Å². The van der Waals surface area contributed by atoms with E-state index in [4.69, 9.17) is 20.3 Å². The van der Waals surface area contributed by atoms with E-state index in [1.165, 1.54) is 10.9 Å². The summed E-state index contributed by atoms with van der Waals surface area (Å²) in [5.41, 5.74) is 10.6. The summed E-state index contributed by atoms with van der Waals surface area (Å²) in [5.74, 6) is 0.238. The second-order valence-electron chi connectivity index (χ2n) is 8.07. The fraction of sp³-hybridized carbons (Fsp3) is 0.292. The predicted molar refractivity (Wildman–Crippen MR) is 124 cm³/mol. The summed E-state index contributed by atoms with van der Waals surface area (Å²) in [7, 11) is 0. The number of hydrogen-bond donors (Lipinski definition) is 4. The Balaban J connectivity index is 1.43. The molecule has 8 heteroatoms. The molecule has 0 aliphatic carbocycles. The summed E-state index contributed by atoms with van der Waals surface area (Å²) < 4.78 is 13.9. The minimum atomic E-state index is -0.909. The minimum absolute atomic E-state index is 0.100. The molecule has 0 bridgehead atoms. The summed E-state index contributed by atoms with van der Waals surface area (Å²) >= 11 is 0. The normalized spacial score (nSPS) is 16.7. The third kappa shape index (κ3) is 3.85. The highest BCUT2D eigenvalue weighted by molar-refractivity contribution is 5.99. The number of aryl methyl sites for hydroxylation is 1. The van der Waals surface area contributed by atoms with Gasteiger partial charge in [0.2, 0.25) is 0 Å². The van der Waals surface area contributed by atoms with E-state index in [1.807, 2.05) is 24.4 Å². The number of fused-ring (bicyclic) bond motifs is 3. The van der Waals surface area contributed by atoms with E-state index < -0.39 is 12.1 Å². The number of carboxylic acids is 1. The number of nitrogens with zero attached hydrogens (tertiary/aromatic N) is 1. The molecule has 166 valence electrons. The fourth-order valence-electron chi connectivity index (χ4n) is 4.23. The van der Waals surface area contributed by atoms with E-state index in [0.717, 1.165) is 42.0 Å². The molecule has 8 nitrogen and oxygen atoms in total. The Kier molecular flexibility index (Phi) is 5.36. The number of anilines is 2. The Morgan fingerprint density at radius 3 is 2.88 bits per heavy atom. The van der Waals surface area contributed by atoms with Gasteiger partial charge in [0.15, 0.2) is 11.5 Å². The summed E-state index contributed by atoms with van der Waals surface area (Å²) in [5, 5.41) is 17.1. The van der Waals surface area contributed by atoms with Crippen LogP contribution in [-0.4, -0.2) is 34.9 Å². The molecule has 2 aliphatic heterocycles. The van der Waals surface area contributed by atoms with Gasteiger partial charge < -0.3 is 35.5 Å². The number of hydrogen-bond acceptors (Lipinski definition) is 6. The van der Waals surface area contributed by atoms with Crippen LogP contribution in [0.5, 0.6) is 11.5 Å². The first-order valence-electron chi connectivity index (χ1n) is 10.8. The van der Waals surface area contributed by atoms with Gasteiger partial charge in [-0.05, 0) is 25.5 Å². The Labute approximate surface area is 185 Å². The highest BCUT2D eigenvalue weighted by Crippen LogP contribution is 2.43. The molecule has 0 saturated carbocycles. The van der Waals surface area contributed by atoms with Crippen LogP contribution in [0.4, 0.5) is 11.4 Å². The van der Waals surface area contributed by atoms with Crippen molar-refractivity contribution in [3.05, 3.63) is 54.4 Å². The summed E-state index contributed by atoms with van der Waals surface area (Å²) in [4.78, 5) is 11.0. The van der Waals surface area contributed by atoms with E-state index in [9.17, 15) is 4.79 Å². The zero-order chi connectivity index (χ0) is 22.1. The van der Waals surface area contributed by atoms with Crippen LogP contribution in [0, 0.1) is 0 Å². The molecule has 0 spiro atoms. The first kappa shape index (κ1) is 20.3. The zero-order valence-corrected chi connectivity index (χ0v) is 17.6. The lowest BCUT2D eigenvalue weighted by molar-refractivity contribution is -0.139. The SMILES string of the molecule is NCCCCn1cc(C2=CNc3cc4c(cc3N2)OC(CC(=O)O)CO4)c2ccccc21. The Hall–Kier alpha value is -3.65. The molecule has 3 aromatic rings. The van der Waals surface area contributed by atoms with Crippen LogP contribution in [0.2, 0.25) is 0 Å². The number of carbonyl (C=O) groups is 1. The van der Waals surface area contributed by atoms with E-state index >= 15 is 0 Å². The highest BCUT2D eigenvalue weighted by atomic mass is 16.6. The van der Waals surface area contributed by atoms with E-state index in [-0.39, 0.29) is 13.0 Å². The summed E-state index contributed by atoms with van der Waals surface area (Å²) in [6.45, 7) is 1.83. The second kappa shape index (κ2) is 8.47. The van der Waals surface area contributed by atoms with Gasteiger partial charge in [0.05, 0.1) is 23.5 Å². The van der Waals surface area contributed by atoms with Crippen LogP contribution in [-0.2, 0) is 11.3 Å². The standard InChI is InChI=1S/C24H26N4O4/c25-7-3-4-8-28-13-17(16-5-1-2-6-21(16)28)20-12-26-18-10-22-23(11-19(18)27-20)32-15(14-31-22)9-24(29)30/h1-2,5-6,10-13,15,26-27H,3-4,7-9,14,25H2,(H,29,30). The fourth-order valence-corrected chi connectivity index (χ4v) is 4.23. The molecular formula is C24H26N4O4. The first-order valence-corrected chi connectivity index (χ1v) is 10.8. The maximum Gasteiger partial charge on any atom is 0.307 e. The molecule has 32 heavy (non-hydrogen) atoms. The average Bonchev–Trinajstić information content (AvgIpc) is 3.16. The molecule has 0 amide bonds. The van der Waals surface area contributed by atoms with Gasteiger partial charge >= 0.3 is 5.97 Å². The van der Waals surface area contributed by atoms with Crippen LogP contribution in [0.25, 0.3) is 16.6 Å². The molecule has 5 N–H and O–H groups in total. The van der Waals surface area contributed by atoms with Crippen LogP contribution in [0.1, 0.15) is 24.8 Å². The molecule has 1 atom stereocenters. The topological polar surface area (TPSA) is 111 Å². The van der Waals surface area contributed by atoms with Crippen molar-refractivity contribution in [2.45, 2.75) is 31.9 Å². The number of nitrogens with one attached hydrogen (secondary N) is 2. The number of ether oxygens (including phenoxy) is 2. The number of unbranched alkanes of at least 4 members (excludes halogenated alkanes) is 1. The lowest BCUT2D eigenvalue weighted by Gasteiger charge is -2.28. The van der Waals surface area contributed by atoms with Crippen molar-refractivity contribution in [2.75, 3.05) is 23.8 Å². The first-order chi connectivity index (χ1) is 15.6. The van der Waals surface area contributed by atoms with Gasteiger partial charge in [-0.1, -0.05) is 18.2 Å². The smallest absolute Gasteiger partial charge is 0.307 e. The van der Waals surface area contributed by atoms with Gasteiger partial charge in [0, 0.05) is 47.5 Å².